The molecule has 0 bridgehead atoms. The molecule has 0 amide bonds. The predicted octanol–water partition coefficient (Wildman–Crippen LogP) is -0.666. The Morgan fingerprint density at radius 3 is 0.667 bits per heavy atom. The largest absolute Gasteiger partial charge is 1.00 e. The molecule has 0 fully saturated rings. The molecule has 0 aliphatic heterocycles. The van der Waals surface area contributed by atoms with Crippen LogP contribution in [-0.4, -0.2) is 61.3 Å². The van der Waals surface area contributed by atoms with E-state index in [1.165, 1.54) is 87.0 Å². The van der Waals surface area contributed by atoms with Gasteiger partial charge in [0.05, 0.1) is 52.4 Å². The van der Waals surface area contributed by atoms with Gasteiger partial charge in [-0.2, -0.15) is 0 Å². The van der Waals surface area contributed by atoms with Gasteiger partial charge in [-0.3, -0.25) is 0 Å². The second kappa shape index (κ2) is 19.8. The molecule has 0 saturated carbocycles. The second-order valence-corrected chi connectivity index (χ2v) is 6.84. The predicted molar refractivity (Wildman–Crippen MR) is 103 cm³/mol. The summed E-state index contributed by atoms with van der Waals surface area (Å²) in [6.07, 6.45) is 5.33. The van der Waals surface area contributed by atoms with Crippen LogP contribution in [0.15, 0.2) is 0 Å². The van der Waals surface area contributed by atoms with Crippen LogP contribution in [0.25, 0.3) is 0 Å². The van der Waals surface area contributed by atoms with Crippen molar-refractivity contribution in [2.75, 3.05) is 52.4 Å². The summed E-state index contributed by atoms with van der Waals surface area (Å²) in [5, 5.41) is 0. The lowest BCUT2D eigenvalue weighted by Gasteiger charge is -2.38. The minimum absolute atomic E-state index is 0. The van der Waals surface area contributed by atoms with Crippen LogP contribution in [0.1, 0.15) is 81.1 Å². The van der Waals surface area contributed by atoms with Crippen LogP contribution in [0.4, 0.5) is 0 Å². The molecule has 0 saturated heterocycles. The van der Waals surface area contributed by atoms with Crippen LogP contribution in [0.2, 0.25) is 0 Å². The van der Waals surface area contributed by atoms with Crippen molar-refractivity contribution in [3.63, 3.8) is 0 Å². The average Bonchev–Trinajstić information content (AvgIpc) is 2.52. The van der Waals surface area contributed by atoms with Crippen LogP contribution in [-0.2, 0) is 0 Å². The molecule has 0 aliphatic rings. The van der Waals surface area contributed by atoms with E-state index in [-0.39, 0.29) is 24.8 Å². The van der Waals surface area contributed by atoms with Crippen molar-refractivity contribution in [1.29, 1.82) is 0 Å². The highest BCUT2D eigenvalue weighted by Crippen LogP contribution is 2.12. The highest BCUT2D eigenvalue weighted by molar-refractivity contribution is 4.44. The number of halogens is 2. The van der Waals surface area contributed by atoms with E-state index >= 15 is 0 Å². The van der Waals surface area contributed by atoms with Crippen molar-refractivity contribution in [2.45, 2.75) is 81.1 Å². The highest BCUT2D eigenvalue weighted by Gasteiger charge is 2.22. The van der Waals surface area contributed by atoms with E-state index < -0.39 is 0 Å². The molecule has 0 aromatic rings. The van der Waals surface area contributed by atoms with E-state index in [4.69, 9.17) is 0 Å². The normalized spacial score (nSPS) is 11.0. The average molecular weight is 388 g/mol. The molecule has 0 spiro atoms. The minimum atomic E-state index is 0. The number of rotatable bonds is 12. The number of nitrogens with zero attached hydrogens (tertiary/aromatic N) is 2. The summed E-state index contributed by atoms with van der Waals surface area (Å²) in [5.41, 5.74) is 0. The molecule has 0 aliphatic carbocycles. The molecule has 2 nitrogen and oxygen atoms in total. The van der Waals surface area contributed by atoms with Crippen LogP contribution in [0.3, 0.4) is 0 Å². The summed E-state index contributed by atoms with van der Waals surface area (Å²) in [5.74, 6) is 0. The molecule has 0 N–H and O–H groups in total. The summed E-state index contributed by atoms with van der Waals surface area (Å²) in [6.45, 7) is 29.0. The standard InChI is InChI=1S/C12H28N.C8H20N.2ClH/c1-5-9-13(10-6-2,11-7-3)12-8-4;1-5-9(6-2,7-3)8-4;;/h5-12H2,1-4H3;5-8H2,1-4H3;2*1H/q2*+1;;/p-2. The molecule has 0 unspecified atom stereocenters. The number of hydrogen-bond acceptors (Lipinski definition) is 0. The fourth-order valence-corrected chi connectivity index (χ4v) is 3.91. The van der Waals surface area contributed by atoms with Crippen LogP contribution in [0, 0.1) is 0 Å². The smallest absolute Gasteiger partial charge is 0.0783 e. The third kappa shape index (κ3) is 12.8. The topological polar surface area (TPSA) is 0 Å². The lowest BCUT2D eigenvalue weighted by Crippen LogP contribution is -3.00. The first-order valence-electron chi connectivity index (χ1n) is 10.2. The molecule has 152 valence electrons. The first kappa shape index (κ1) is 32.2. The quantitative estimate of drug-likeness (QED) is 0.390. The van der Waals surface area contributed by atoms with Gasteiger partial charge in [-0.05, 0) is 53.4 Å². The summed E-state index contributed by atoms with van der Waals surface area (Å²) in [6, 6.07) is 0. The first-order valence-corrected chi connectivity index (χ1v) is 10.2. The molecule has 24 heavy (non-hydrogen) atoms. The van der Waals surface area contributed by atoms with Crippen molar-refractivity contribution >= 4 is 0 Å². The molecule has 0 rings (SSSR count). The van der Waals surface area contributed by atoms with Crippen LogP contribution in [0.5, 0.6) is 0 Å². The van der Waals surface area contributed by atoms with E-state index in [0.717, 1.165) is 0 Å². The Hall–Kier alpha value is 0.500. The first-order chi connectivity index (χ1) is 10.5. The van der Waals surface area contributed by atoms with E-state index in [1.807, 2.05) is 0 Å². The molecule has 0 heterocycles. The Kier molecular flexibility index (Phi) is 26.6. The molecule has 0 radical (unpaired) electrons. The van der Waals surface area contributed by atoms with E-state index in [0.29, 0.717) is 0 Å². The van der Waals surface area contributed by atoms with Gasteiger partial charge in [0.2, 0.25) is 0 Å². The van der Waals surface area contributed by atoms with Gasteiger partial charge in [0.15, 0.2) is 0 Å². The van der Waals surface area contributed by atoms with Gasteiger partial charge in [0.25, 0.3) is 0 Å². The van der Waals surface area contributed by atoms with E-state index in [1.54, 1.807) is 0 Å². The van der Waals surface area contributed by atoms with Crippen LogP contribution >= 0.6 is 0 Å². The molecule has 0 aromatic heterocycles. The van der Waals surface area contributed by atoms with Crippen molar-refractivity contribution < 1.29 is 33.8 Å². The van der Waals surface area contributed by atoms with Gasteiger partial charge < -0.3 is 33.8 Å². The molecule has 0 atom stereocenters. The van der Waals surface area contributed by atoms with Gasteiger partial charge in [-0.1, -0.05) is 27.7 Å². The third-order valence-electron chi connectivity index (χ3n) is 5.48. The fourth-order valence-electron chi connectivity index (χ4n) is 3.91. The van der Waals surface area contributed by atoms with Crippen molar-refractivity contribution in [3.8, 4) is 0 Å². The Morgan fingerprint density at radius 2 is 0.583 bits per heavy atom. The van der Waals surface area contributed by atoms with E-state index in [2.05, 4.69) is 55.4 Å². The van der Waals surface area contributed by atoms with Gasteiger partial charge in [-0.25, -0.2) is 0 Å². The Bertz CT molecular complexity index is 185. The lowest BCUT2D eigenvalue weighted by atomic mass is 10.2. The lowest BCUT2D eigenvalue weighted by molar-refractivity contribution is -0.928. The maximum absolute atomic E-state index is 2.31. The third-order valence-corrected chi connectivity index (χ3v) is 5.48. The van der Waals surface area contributed by atoms with Gasteiger partial charge >= 0.3 is 0 Å². The van der Waals surface area contributed by atoms with Gasteiger partial charge in [0, 0.05) is 0 Å². The summed E-state index contributed by atoms with van der Waals surface area (Å²) < 4.78 is 2.65. The maximum Gasteiger partial charge on any atom is 0.0783 e. The molecule has 0 aromatic carbocycles. The second-order valence-electron chi connectivity index (χ2n) is 6.84. The Labute approximate surface area is 167 Å². The van der Waals surface area contributed by atoms with Gasteiger partial charge in [-0.15, -0.1) is 0 Å². The monoisotopic (exact) mass is 386 g/mol. The zero-order valence-corrected chi connectivity index (χ0v) is 19.6. The van der Waals surface area contributed by atoms with Gasteiger partial charge in [0.1, 0.15) is 0 Å². The van der Waals surface area contributed by atoms with Crippen LogP contribution < -0.4 is 24.8 Å². The molecular weight excluding hydrogens is 339 g/mol. The Morgan fingerprint density at radius 1 is 0.375 bits per heavy atom. The highest BCUT2D eigenvalue weighted by atomic mass is 35.5. The number of quaternary nitrogens is 2. The molecular formula is C20H48Cl2N2. The zero-order chi connectivity index (χ0) is 17.5. The Balaban J connectivity index is -0.000000162. The SMILES string of the molecule is CCC[N+](CCC)(CCC)CCC.CC[N+](CC)(CC)CC.[Cl-].[Cl-]. The van der Waals surface area contributed by atoms with E-state index in [9.17, 15) is 0 Å². The summed E-state index contributed by atoms with van der Waals surface area (Å²) in [7, 11) is 0. The maximum atomic E-state index is 2.31. The summed E-state index contributed by atoms with van der Waals surface area (Å²) in [4.78, 5) is 0. The van der Waals surface area contributed by atoms with Crippen molar-refractivity contribution in [1.82, 2.24) is 0 Å². The summed E-state index contributed by atoms with van der Waals surface area (Å²) >= 11 is 0. The fraction of sp³-hybridized carbons (Fsp3) is 1.00. The minimum Gasteiger partial charge on any atom is -1.00 e. The number of hydrogen-bond donors (Lipinski definition) is 0. The van der Waals surface area contributed by atoms with Crippen molar-refractivity contribution in [2.24, 2.45) is 0 Å². The van der Waals surface area contributed by atoms with Crippen molar-refractivity contribution in [3.05, 3.63) is 0 Å². The zero-order valence-electron chi connectivity index (χ0n) is 18.1. The molecule has 4 heteroatoms.